The highest BCUT2D eigenvalue weighted by Crippen LogP contribution is 2.07. The van der Waals surface area contributed by atoms with Crippen molar-refractivity contribution in [3.05, 3.63) is 54.6 Å². The lowest BCUT2D eigenvalue weighted by Gasteiger charge is -2.10. The third-order valence-corrected chi connectivity index (χ3v) is 3.85. The van der Waals surface area contributed by atoms with Crippen LogP contribution in [0.25, 0.3) is 0 Å². The summed E-state index contributed by atoms with van der Waals surface area (Å²) in [7, 11) is 0. The molecule has 0 saturated heterocycles. The molecule has 0 aliphatic carbocycles. The molecule has 0 fully saturated rings. The van der Waals surface area contributed by atoms with Crippen molar-refractivity contribution in [3.8, 4) is 0 Å². The number of rotatable bonds is 10. The minimum Gasteiger partial charge on any atom is -0.341 e. The third kappa shape index (κ3) is 5.62. The first-order chi connectivity index (χ1) is 10.8. The summed E-state index contributed by atoms with van der Waals surface area (Å²) in [6.07, 6.45) is 8.38. The molecular weight excluding hydrogens is 276 g/mol. The molecule has 0 bridgehead atoms. The molecule has 4 nitrogen and oxygen atoms in total. The maximum Gasteiger partial charge on any atom is 0.247 e. The van der Waals surface area contributed by atoms with E-state index in [1.807, 2.05) is 46.1 Å². The van der Waals surface area contributed by atoms with Gasteiger partial charge in [0.25, 0.3) is 0 Å². The molecule has 1 aromatic carbocycles. The van der Waals surface area contributed by atoms with Gasteiger partial charge in [-0.1, -0.05) is 57.0 Å². The van der Waals surface area contributed by atoms with Crippen molar-refractivity contribution in [2.24, 2.45) is 5.92 Å². The van der Waals surface area contributed by atoms with Gasteiger partial charge in [-0.2, -0.15) is 0 Å². The van der Waals surface area contributed by atoms with Crippen LogP contribution >= 0.6 is 0 Å². The van der Waals surface area contributed by atoms with Crippen LogP contribution in [0, 0.1) is 5.92 Å². The first kappa shape index (κ1) is 16.7. The predicted octanol–water partition coefficient (Wildman–Crippen LogP) is 3.36. The zero-order chi connectivity index (χ0) is 15.6. The number of ether oxygens (including phenoxy) is 2. The molecule has 0 radical (unpaired) electrons. The summed E-state index contributed by atoms with van der Waals surface area (Å²) in [5.41, 5.74) is 1.19. The minimum atomic E-state index is 0.550. The molecule has 2 aromatic rings. The highest BCUT2D eigenvalue weighted by molar-refractivity contribution is 5.13. The molecule has 0 aliphatic heterocycles. The zero-order valence-corrected chi connectivity index (χ0v) is 13.6. The molecule has 0 amide bonds. The number of nitrogens with zero attached hydrogens (tertiary/aromatic N) is 2. The van der Waals surface area contributed by atoms with Crippen LogP contribution in [0.5, 0.6) is 0 Å². The lowest BCUT2D eigenvalue weighted by Crippen LogP contribution is -2.32. The molecule has 0 aliphatic rings. The van der Waals surface area contributed by atoms with Crippen molar-refractivity contribution < 1.29 is 14.0 Å². The number of hydrogen-bond donors (Lipinski definition) is 0. The van der Waals surface area contributed by atoms with Gasteiger partial charge in [0.15, 0.2) is 13.5 Å². The average molecular weight is 303 g/mol. The molecule has 0 spiro atoms. The van der Waals surface area contributed by atoms with Crippen molar-refractivity contribution in [2.75, 3.05) is 6.61 Å². The molecule has 0 atom stereocenters. The molecule has 22 heavy (non-hydrogen) atoms. The van der Waals surface area contributed by atoms with Gasteiger partial charge in [-0.15, -0.1) is 0 Å². The largest absolute Gasteiger partial charge is 0.341 e. The summed E-state index contributed by atoms with van der Waals surface area (Å²) in [5.74, 6) is 0.664. The van der Waals surface area contributed by atoms with E-state index in [2.05, 4.69) is 26.0 Å². The fourth-order valence-electron chi connectivity index (χ4n) is 2.28. The van der Waals surface area contributed by atoms with Crippen molar-refractivity contribution in [1.29, 1.82) is 0 Å². The monoisotopic (exact) mass is 303 g/mol. The molecule has 0 saturated carbocycles. The topological polar surface area (TPSA) is 27.3 Å². The Morgan fingerprint density at radius 3 is 2.59 bits per heavy atom. The average Bonchev–Trinajstić information content (AvgIpc) is 3.00. The number of imidazole rings is 1. The van der Waals surface area contributed by atoms with Crippen LogP contribution in [0.15, 0.2) is 49.1 Å². The van der Waals surface area contributed by atoms with E-state index in [1.165, 1.54) is 18.4 Å². The SMILES string of the molecule is CCC(CC)COCn1cc[n+](COCc2ccccc2)c1. The quantitative estimate of drug-likeness (QED) is 0.629. The third-order valence-electron chi connectivity index (χ3n) is 3.85. The van der Waals surface area contributed by atoms with Gasteiger partial charge in [0.05, 0.1) is 13.2 Å². The van der Waals surface area contributed by atoms with Crippen molar-refractivity contribution in [3.63, 3.8) is 0 Å². The Kier molecular flexibility index (Phi) is 7.13. The fraction of sp³-hybridized carbons (Fsp3) is 0.500. The van der Waals surface area contributed by atoms with Gasteiger partial charge >= 0.3 is 0 Å². The van der Waals surface area contributed by atoms with E-state index in [4.69, 9.17) is 9.47 Å². The van der Waals surface area contributed by atoms with Gasteiger partial charge in [0.1, 0.15) is 12.4 Å². The van der Waals surface area contributed by atoms with Gasteiger partial charge in [-0.3, -0.25) is 0 Å². The lowest BCUT2D eigenvalue weighted by molar-refractivity contribution is -0.733. The Labute approximate surface area is 133 Å². The second-order valence-corrected chi connectivity index (χ2v) is 5.59. The highest BCUT2D eigenvalue weighted by Gasteiger charge is 2.06. The Hall–Kier alpha value is -1.65. The number of aromatic nitrogens is 2. The van der Waals surface area contributed by atoms with Crippen molar-refractivity contribution in [1.82, 2.24) is 4.57 Å². The molecule has 2 rings (SSSR count). The smallest absolute Gasteiger partial charge is 0.247 e. The van der Waals surface area contributed by atoms with Gasteiger partial charge < -0.3 is 9.47 Å². The molecule has 1 aromatic heterocycles. The Bertz CT molecular complexity index is 521. The Morgan fingerprint density at radius 1 is 1.09 bits per heavy atom. The van der Waals surface area contributed by atoms with Crippen molar-refractivity contribution in [2.45, 2.75) is 46.8 Å². The van der Waals surface area contributed by atoms with Crippen LogP contribution in [0.2, 0.25) is 0 Å². The summed E-state index contributed by atoms with van der Waals surface area (Å²) in [6, 6.07) is 10.2. The summed E-state index contributed by atoms with van der Waals surface area (Å²) >= 11 is 0. The van der Waals surface area contributed by atoms with E-state index in [0.717, 1.165) is 6.61 Å². The predicted molar refractivity (Wildman–Crippen MR) is 85.9 cm³/mol. The highest BCUT2D eigenvalue weighted by atomic mass is 16.5. The molecular formula is C18H27N2O2+. The summed E-state index contributed by atoms with van der Waals surface area (Å²) in [6.45, 7) is 7.03. The fourth-order valence-corrected chi connectivity index (χ4v) is 2.28. The molecule has 120 valence electrons. The van der Waals surface area contributed by atoms with Crippen LogP contribution in [0.1, 0.15) is 32.3 Å². The summed E-state index contributed by atoms with van der Waals surface area (Å²) < 4.78 is 15.5. The summed E-state index contributed by atoms with van der Waals surface area (Å²) in [5, 5.41) is 0. The van der Waals surface area contributed by atoms with E-state index in [1.54, 1.807) is 0 Å². The summed E-state index contributed by atoms with van der Waals surface area (Å²) in [4.78, 5) is 0. The normalized spacial score (nSPS) is 11.2. The Balaban J connectivity index is 1.68. The van der Waals surface area contributed by atoms with E-state index >= 15 is 0 Å². The second kappa shape index (κ2) is 9.38. The van der Waals surface area contributed by atoms with Crippen molar-refractivity contribution >= 4 is 0 Å². The van der Waals surface area contributed by atoms with Gasteiger partial charge in [-0.05, 0) is 11.5 Å². The van der Waals surface area contributed by atoms with Crippen LogP contribution in [0.4, 0.5) is 0 Å². The van der Waals surface area contributed by atoms with E-state index in [-0.39, 0.29) is 0 Å². The Morgan fingerprint density at radius 2 is 1.86 bits per heavy atom. The van der Waals surface area contributed by atoms with E-state index < -0.39 is 0 Å². The van der Waals surface area contributed by atoms with Gasteiger partial charge in [0.2, 0.25) is 6.33 Å². The first-order valence-corrected chi connectivity index (χ1v) is 8.06. The maximum absolute atomic E-state index is 5.76. The molecule has 1 heterocycles. The maximum atomic E-state index is 5.76. The molecule has 4 heteroatoms. The van der Waals surface area contributed by atoms with Crippen LogP contribution in [-0.2, 0) is 29.5 Å². The minimum absolute atomic E-state index is 0.550. The lowest BCUT2D eigenvalue weighted by atomic mass is 10.1. The number of benzene rings is 1. The van der Waals surface area contributed by atoms with E-state index in [9.17, 15) is 0 Å². The van der Waals surface area contributed by atoms with Gasteiger partial charge in [-0.25, -0.2) is 9.13 Å². The van der Waals surface area contributed by atoms with Gasteiger partial charge in [0, 0.05) is 0 Å². The first-order valence-electron chi connectivity index (χ1n) is 8.06. The molecule has 0 N–H and O–H groups in total. The van der Waals surface area contributed by atoms with Crippen LogP contribution < -0.4 is 4.57 Å². The molecule has 0 unspecified atom stereocenters. The standard InChI is InChI=1S/C18H27N2O2/c1-3-17(4-2)12-21-15-19-10-11-20(14-19)16-22-13-18-8-6-5-7-9-18/h5-11,14,17H,3-4,12-13,15-16H2,1-2H3/q+1. The van der Waals surface area contributed by atoms with E-state index in [0.29, 0.717) is 26.0 Å². The zero-order valence-electron chi connectivity index (χ0n) is 13.6. The second-order valence-electron chi connectivity index (χ2n) is 5.59. The van der Waals surface area contributed by atoms with Crippen LogP contribution in [-0.4, -0.2) is 11.2 Å². The van der Waals surface area contributed by atoms with Crippen LogP contribution in [0.3, 0.4) is 0 Å². The number of hydrogen-bond acceptors (Lipinski definition) is 2.